The number of carbonyl (C=O) groups excluding carboxylic acids is 1. The summed E-state index contributed by atoms with van der Waals surface area (Å²) in [6.45, 7) is 0. The first-order chi connectivity index (χ1) is 10.2. The molecule has 22 heavy (non-hydrogen) atoms. The Morgan fingerprint density at radius 1 is 1.18 bits per heavy atom. The maximum Gasteiger partial charge on any atom is 0.418 e. The van der Waals surface area contributed by atoms with Gasteiger partial charge in [0.15, 0.2) is 0 Å². The van der Waals surface area contributed by atoms with Crippen LogP contribution in [0, 0.1) is 0 Å². The first-order valence-electron chi connectivity index (χ1n) is 5.85. The molecule has 2 N–H and O–H groups in total. The van der Waals surface area contributed by atoms with Crippen molar-refractivity contribution in [3.8, 4) is 5.75 Å². The van der Waals surface area contributed by atoms with Crippen LogP contribution in [-0.4, -0.2) is 11.0 Å². The first-order valence-corrected chi connectivity index (χ1v) is 7.02. The van der Waals surface area contributed by atoms with Crippen molar-refractivity contribution in [2.75, 3.05) is 5.32 Å². The summed E-state index contributed by atoms with van der Waals surface area (Å²) in [5.41, 5.74) is -1.64. The molecule has 0 fully saturated rings. The molecule has 0 aliphatic heterocycles. The molecule has 0 aromatic heterocycles. The van der Waals surface area contributed by atoms with Crippen LogP contribution in [0.15, 0.2) is 40.9 Å². The fourth-order valence-electron chi connectivity index (χ4n) is 1.74. The fraction of sp³-hybridized carbons (Fsp3) is 0.0714. The van der Waals surface area contributed by atoms with Crippen molar-refractivity contribution in [2.45, 2.75) is 6.18 Å². The molecule has 0 aliphatic rings. The van der Waals surface area contributed by atoms with E-state index in [-0.39, 0.29) is 20.8 Å². The van der Waals surface area contributed by atoms with Gasteiger partial charge in [-0.3, -0.25) is 4.79 Å². The van der Waals surface area contributed by atoms with Crippen LogP contribution in [0.5, 0.6) is 5.75 Å². The van der Waals surface area contributed by atoms with E-state index in [0.717, 1.165) is 12.1 Å². The molecule has 1 amide bonds. The van der Waals surface area contributed by atoms with Crippen LogP contribution < -0.4 is 5.32 Å². The molecule has 2 rings (SSSR count). The molecule has 3 nitrogen and oxygen atoms in total. The standard InChI is InChI=1S/C14H8BrClF3NO2/c15-7-1-3-11(10(5-7)14(17,18)19)20-13(22)9-6-8(16)2-4-12(9)21/h1-6,21H,(H,20,22). The lowest BCUT2D eigenvalue weighted by atomic mass is 10.1. The molecule has 0 unspecified atom stereocenters. The van der Waals surface area contributed by atoms with Crippen LogP contribution in [0.25, 0.3) is 0 Å². The van der Waals surface area contributed by atoms with Crippen LogP contribution in [0.2, 0.25) is 5.02 Å². The van der Waals surface area contributed by atoms with Crippen molar-refractivity contribution < 1.29 is 23.1 Å². The van der Waals surface area contributed by atoms with Crippen molar-refractivity contribution >= 4 is 39.1 Å². The van der Waals surface area contributed by atoms with Crippen LogP contribution in [0.1, 0.15) is 15.9 Å². The first kappa shape index (κ1) is 16.6. The van der Waals surface area contributed by atoms with Crippen LogP contribution in [-0.2, 0) is 6.18 Å². The number of amides is 1. The van der Waals surface area contributed by atoms with Gasteiger partial charge in [0.1, 0.15) is 5.75 Å². The van der Waals surface area contributed by atoms with Crippen LogP contribution in [0.4, 0.5) is 18.9 Å². The Morgan fingerprint density at radius 2 is 1.86 bits per heavy atom. The molecular formula is C14H8BrClF3NO2. The minimum Gasteiger partial charge on any atom is -0.507 e. The Hall–Kier alpha value is -1.73. The molecule has 0 atom stereocenters. The predicted octanol–water partition coefficient (Wildman–Crippen LogP) is 5.08. The highest BCUT2D eigenvalue weighted by molar-refractivity contribution is 9.10. The molecule has 0 radical (unpaired) electrons. The smallest absolute Gasteiger partial charge is 0.418 e. The lowest BCUT2D eigenvalue weighted by molar-refractivity contribution is -0.136. The number of hydrogen-bond donors (Lipinski definition) is 2. The molecule has 0 saturated carbocycles. The molecule has 2 aromatic carbocycles. The summed E-state index contributed by atoms with van der Waals surface area (Å²) in [5, 5.41) is 11.9. The van der Waals surface area contributed by atoms with E-state index >= 15 is 0 Å². The molecule has 0 spiro atoms. The van der Waals surface area contributed by atoms with Crippen molar-refractivity contribution in [1.82, 2.24) is 0 Å². The topological polar surface area (TPSA) is 49.3 Å². The van der Waals surface area contributed by atoms with Gasteiger partial charge in [0.05, 0.1) is 16.8 Å². The molecule has 8 heteroatoms. The summed E-state index contributed by atoms with van der Waals surface area (Å²) in [7, 11) is 0. The van der Waals surface area contributed by atoms with E-state index in [1.807, 2.05) is 0 Å². The van der Waals surface area contributed by atoms with Gasteiger partial charge in [-0.05, 0) is 36.4 Å². The van der Waals surface area contributed by atoms with E-state index in [1.54, 1.807) is 0 Å². The summed E-state index contributed by atoms with van der Waals surface area (Å²) in [4.78, 5) is 12.0. The number of halogens is 5. The van der Waals surface area contributed by atoms with Gasteiger partial charge in [-0.2, -0.15) is 13.2 Å². The number of anilines is 1. The Bertz CT molecular complexity index is 735. The van der Waals surface area contributed by atoms with Crippen molar-refractivity contribution in [3.63, 3.8) is 0 Å². The Kier molecular flexibility index (Phi) is 4.67. The highest BCUT2D eigenvalue weighted by Crippen LogP contribution is 2.37. The fourth-order valence-corrected chi connectivity index (χ4v) is 2.27. The van der Waals surface area contributed by atoms with Gasteiger partial charge in [-0.1, -0.05) is 27.5 Å². The van der Waals surface area contributed by atoms with Gasteiger partial charge in [-0.15, -0.1) is 0 Å². The number of hydrogen-bond acceptors (Lipinski definition) is 2. The number of alkyl halides is 3. The lowest BCUT2D eigenvalue weighted by Gasteiger charge is -2.14. The third-order valence-corrected chi connectivity index (χ3v) is 3.47. The third-order valence-electron chi connectivity index (χ3n) is 2.74. The van der Waals surface area contributed by atoms with E-state index in [9.17, 15) is 23.1 Å². The van der Waals surface area contributed by atoms with Gasteiger partial charge < -0.3 is 10.4 Å². The molecule has 2 aromatic rings. The second-order valence-corrected chi connectivity index (χ2v) is 5.66. The number of aromatic hydroxyl groups is 1. The maximum atomic E-state index is 13.0. The van der Waals surface area contributed by atoms with Gasteiger partial charge >= 0.3 is 6.18 Å². The number of benzene rings is 2. The summed E-state index contributed by atoms with van der Waals surface area (Å²) < 4.78 is 39.2. The number of rotatable bonds is 2. The second-order valence-electron chi connectivity index (χ2n) is 4.30. The third kappa shape index (κ3) is 3.72. The van der Waals surface area contributed by atoms with E-state index in [2.05, 4.69) is 21.2 Å². The highest BCUT2D eigenvalue weighted by Gasteiger charge is 2.34. The average molecular weight is 395 g/mol. The largest absolute Gasteiger partial charge is 0.507 e. The van der Waals surface area contributed by atoms with Crippen molar-refractivity contribution in [3.05, 3.63) is 57.0 Å². The monoisotopic (exact) mass is 393 g/mol. The van der Waals surface area contributed by atoms with Gasteiger partial charge in [-0.25, -0.2) is 0 Å². The minimum absolute atomic E-state index is 0.176. The summed E-state index contributed by atoms with van der Waals surface area (Å²) in [6, 6.07) is 7.04. The minimum atomic E-state index is -4.64. The molecule has 0 bridgehead atoms. The second kappa shape index (κ2) is 6.18. The molecular weight excluding hydrogens is 387 g/mol. The predicted molar refractivity (Wildman–Crippen MR) is 80.2 cm³/mol. The van der Waals surface area contributed by atoms with E-state index in [0.29, 0.717) is 0 Å². The average Bonchev–Trinajstić information content (AvgIpc) is 2.42. The van der Waals surface area contributed by atoms with Gasteiger partial charge in [0.2, 0.25) is 0 Å². The maximum absolute atomic E-state index is 13.0. The van der Waals surface area contributed by atoms with Crippen molar-refractivity contribution in [2.24, 2.45) is 0 Å². The zero-order valence-electron chi connectivity index (χ0n) is 10.7. The number of nitrogens with one attached hydrogen (secondary N) is 1. The SMILES string of the molecule is O=C(Nc1ccc(Br)cc1C(F)(F)F)c1cc(Cl)ccc1O. The Balaban J connectivity index is 2.39. The van der Waals surface area contributed by atoms with E-state index in [1.165, 1.54) is 24.3 Å². The molecule has 0 saturated heterocycles. The van der Waals surface area contributed by atoms with Crippen LogP contribution >= 0.6 is 27.5 Å². The Morgan fingerprint density at radius 3 is 2.50 bits per heavy atom. The summed E-state index contributed by atoms with van der Waals surface area (Å²) in [6.07, 6.45) is -4.64. The van der Waals surface area contributed by atoms with Crippen LogP contribution in [0.3, 0.4) is 0 Å². The zero-order valence-corrected chi connectivity index (χ0v) is 13.1. The van der Waals surface area contributed by atoms with Gasteiger partial charge in [0, 0.05) is 9.50 Å². The number of phenolic OH excluding ortho intramolecular Hbond substituents is 1. The zero-order chi connectivity index (χ0) is 16.5. The van der Waals surface area contributed by atoms with Crippen molar-refractivity contribution in [1.29, 1.82) is 0 Å². The lowest BCUT2D eigenvalue weighted by Crippen LogP contribution is -2.16. The molecule has 0 aliphatic carbocycles. The van der Waals surface area contributed by atoms with Gasteiger partial charge in [0.25, 0.3) is 5.91 Å². The molecule has 116 valence electrons. The number of phenols is 1. The summed E-state index contributed by atoms with van der Waals surface area (Å²) in [5.74, 6) is -1.28. The van der Waals surface area contributed by atoms with E-state index in [4.69, 9.17) is 11.6 Å². The molecule has 0 heterocycles. The highest BCUT2D eigenvalue weighted by atomic mass is 79.9. The number of carbonyl (C=O) groups is 1. The normalized spacial score (nSPS) is 11.3. The summed E-state index contributed by atoms with van der Waals surface area (Å²) >= 11 is 8.66. The Labute approximate surface area is 136 Å². The van der Waals surface area contributed by atoms with E-state index < -0.39 is 23.3 Å². The quantitative estimate of drug-likeness (QED) is 0.746.